The summed E-state index contributed by atoms with van der Waals surface area (Å²) in [5.41, 5.74) is 0.985. The highest BCUT2D eigenvalue weighted by molar-refractivity contribution is 7.13. The van der Waals surface area contributed by atoms with E-state index in [1.54, 1.807) is 18.3 Å². The Balaban J connectivity index is 1.92. The predicted octanol–water partition coefficient (Wildman–Crippen LogP) is 2.65. The number of carbonyl (C=O) groups is 1. The molecule has 0 atom stereocenters. The van der Waals surface area contributed by atoms with E-state index >= 15 is 0 Å². The van der Waals surface area contributed by atoms with Crippen molar-refractivity contribution in [3.8, 4) is 0 Å². The molecule has 4 nitrogen and oxygen atoms in total. The minimum atomic E-state index is 0.152. The van der Waals surface area contributed by atoms with Gasteiger partial charge in [-0.1, -0.05) is 20.8 Å². The number of Topliss-reactive ketones (excluding diaryl/α,β-unsaturated/α-hetero) is 1. The molecule has 0 unspecified atom stereocenters. The Morgan fingerprint density at radius 1 is 1.24 bits per heavy atom. The van der Waals surface area contributed by atoms with E-state index in [1.165, 1.54) is 13.1 Å². The van der Waals surface area contributed by atoms with Crippen LogP contribution in [0.2, 0.25) is 0 Å². The van der Waals surface area contributed by atoms with Crippen molar-refractivity contribution >= 4 is 17.1 Å². The van der Waals surface area contributed by atoms with Crippen LogP contribution < -0.4 is 0 Å². The molecule has 0 bridgehead atoms. The second-order valence-corrected chi connectivity index (χ2v) is 7.14. The molecule has 0 N–H and O–H groups in total. The molecule has 1 aromatic rings. The van der Waals surface area contributed by atoms with Crippen LogP contribution in [0.5, 0.6) is 0 Å². The van der Waals surface area contributed by atoms with Crippen molar-refractivity contribution in [1.82, 2.24) is 14.8 Å². The van der Waals surface area contributed by atoms with E-state index in [0.717, 1.165) is 48.2 Å². The lowest BCUT2D eigenvalue weighted by Crippen LogP contribution is -2.46. The number of piperazine rings is 1. The lowest BCUT2D eigenvalue weighted by Gasteiger charge is -2.33. The minimum absolute atomic E-state index is 0.152. The van der Waals surface area contributed by atoms with Crippen LogP contribution in [-0.2, 0) is 6.42 Å². The van der Waals surface area contributed by atoms with E-state index in [1.807, 2.05) is 0 Å². The first-order valence-electron chi connectivity index (χ1n) is 7.96. The number of aromatic nitrogens is 1. The van der Waals surface area contributed by atoms with Crippen molar-refractivity contribution in [2.45, 2.75) is 40.0 Å². The summed E-state index contributed by atoms with van der Waals surface area (Å²) >= 11 is 1.59. The largest absolute Gasteiger partial charge is 0.301 e. The Morgan fingerprint density at radius 2 is 1.86 bits per heavy atom. The molecule has 2 heterocycles. The molecule has 21 heavy (non-hydrogen) atoms. The van der Waals surface area contributed by atoms with E-state index < -0.39 is 0 Å². The molecule has 0 spiro atoms. The highest BCUT2D eigenvalue weighted by Crippen LogP contribution is 2.26. The number of hydrogen-bond acceptors (Lipinski definition) is 5. The number of hydrogen-bond donors (Lipinski definition) is 0. The highest BCUT2D eigenvalue weighted by Gasteiger charge is 2.19. The van der Waals surface area contributed by atoms with Crippen LogP contribution in [0.15, 0.2) is 0 Å². The fourth-order valence-electron chi connectivity index (χ4n) is 2.71. The maximum absolute atomic E-state index is 11.7. The predicted molar refractivity (Wildman–Crippen MR) is 88.5 cm³/mol. The van der Waals surface area contributed by atoms with Crippen molar-refractivity contribution in [3.63, 3.8) is 0 Å². The third kappa shape index (κ3) is 4.34. The van der Waals surface area contributed by atoms with Crippen molar-refractivity contribution in [2.75, 3.05) is 39.3 Å². The summed E-state index contributed by atoms with van der Waals surface area (Å²) < 4.78 is 0. The lowest BCUT2D eigenvalue weighted by atomic mass is 10.1. The van der Waals surface area contributed by atoms with Crippen molar-refractivity contribution in [3.05, 3.63) is 15.6 Å². The fourth-order valence-corrected chi connectivity index (χ4v) is 3.81. The summed E-state index contributed by atoms with van der Waals surface area (Å²) in [7, 11) is 0. The Hall–Kier alpha value is -0.780. The molecule has 5 heteroatoms. The van der Waals surface area contributed by atoms with Crippen LogP contribution in [0, 0.1) is 0 Å². The van der Waals surface area contributed by atoms with Gasteiger partial charge in [-0.05, 0) is 12.5 Å². The Bertz CT molecular complexity index is 476. The number of nitrogens with zero attached hydrogens (tertiary/aromatic N) is 3. The second kappa shape index (κ2) is 7.47. The van der Waals surface area contributed by atoms with Crippen LogP contribution in [0.1, 0.15) is 54.0 Å². The normalized spacial score (nSPS) is 17.6. The summed E-state index contributed by atoms with van der Waals surface area (Å²) in [5.74, 6) is 0.473. The van der Waals surface area contributed by atoms with Gasteiger partial charge < -0.3 is 9.80 Å². The van der Waals surface area contributed by atoms with Crippen LogP contribution in [0.25, 0.3) is 0 Å². The average Bonchev–Trinajstić information content (AvgIpc) is 2.90. The molecule has 1 aromatic heterocycles. The zero-order valence-electron chi connectivity index (χ0n) is 13.7. The number of rotatable bonds is 6. The molecule has 2 rings (SSSR count). The molecule has 1 fully saturated rings. The standard InChI is InChI=1S/C16H27N3OS/c1-5-18-8-10-19(11-9-18)7-6-14-17-15(12(2)3)16(21-14)13(4)20/h12H,5-11H2,1-4H3. The van der Waals surface area contributed by atoms with Crippen LogP contribution in [0.4, 0.5) is 0 Å². The molecule has 1 aliphatic rings. The van der Waals surface area contributed by atoms with Crippen molar-refractivity contribution in [1.29, 1.82) is 0 Å². The smallest absolute Gasteiger partial charge is 0.171 e. The molecular weight excluding hydrogens is 282 g/mol. The van der Waals surface area contributed by atoms with Gasteiger partial charge in [-0.2, -0.15) is 0 Å². The van der Waals surface area contributed by atoms with Gasteiger partial charge >= 0.3 is 0 Å². The zero-order chi connectivity index (χ0) is 15.4. The molecule has 0 aromatic carbocycles. The molecule has 0 radical (unpaired) electrons. The monoisotopic (exact) mass is 309 g/mol. The average molecular weight is 309 g/mol. The van der Waals surface area contributed by atoms with Gasteiger partial charge in [0, 0.05) is 46.1 Å². The first-order valence-corrected chi connectivity index (χ1v) is 8.78. The topological polar surface area (TPSA) is 36.4 Å². The number of ketones is 1. The second-order valence-electron chi connectivity index (χ2n) is 6.06. The van der Waals surface area contributed by atoms with Crippen LogP contribution >= 0.6 is 11.3 Å². The Kier molecular flexibility index (Phi) is 5.90. The lowest BCUT2D eigenvalue weighted by molar-refractivity contribution is 0.102. The summed E-state index contributed by atoms with van der Waals surface area (Å²) in [5, 5.41) is 1.11. The fraction of sp³-hybridized carbons (Fsp3) is 0.750. The number of carbonyl (C=O) groups excluding carboxylic acids is 1. The molecule has 0 aliphatic carbocycles. The van der Waals surface area contributed by atoms with Gasteiger partial charge in [0.1, 0.15) is 0 Å². The van der Waals surface area contributed by atoms with Gasteiger partial charge in [-0.15, -0.1) is 11.3 Å². The molecule has 0 saturated carbocycles. The van der Waals surface area contributed by atoms with E-state index in [-0.39, 0.29) is 5.78 Å². The minimum Gasteiger partial charge on any atom is -0.301 e. The first kappa shape index (κ1) is 16.6. The maximum atomic E-state index is 11.7. The maximum Gasteiger partial charge on any atom is 0.171 e. The van der Waals surface area contributed by atoms with E-state index in [0.29, 0.717) is 5.92 Å². The van der Waals surface area contributed by atoms with Crippen molar-refractivity contribution in [2.24, 2.45) is 0 Å². The molecule has 1 saturated heterocycles. The molecule has 0 amide bonds. The van der Waals surface area contributed by atoms with Gasteiger partial charge in [0.05, 0.1) is 15.6 Å². The van der Waals surface area contributed by atoms with Crippen molar-refractivity contribution < 1.29 is 4.79 Å². The number of likely N-dealkylation sites (N-methyl/N-ethyl adjacent to an activating group) is 1. The third-order valence-electron chi connectivity index (χ3n) is 4.12. The SMILES string of the molecule is CCN1CCN(CCc2nc(C(C)C)c(C(C)=O)s2)CC1. The van der Waals surface area contributed by atoms with Crippen LogP contribution in [0.3, 0.4) is 0 Å². The summed E-state index contributed by atoms with van der Waals surface area (Å²) in [6.07, 6.45) is 0.962. The highest BCUT2D eigenvalue weighted by atomic mass is 32.1. The van der Waals surface area contributed by atoms with Gasteiger partial charge in [0.15, 0.2) is 5.78 Å². The molecular formula is C16H27N3OS. The number of thiazole rings is 1. The third-order valence-corrected chi connectivity index (χ3v) is 5.35. The quantitative estimate of drug-likeness (QED) is 0.757. The Morgan fingerprint density at radius 3 is 2.33 bits per heavy atom. The zero-order valence-corrected chi connectivity index (χ0v) is 14.5. The Labute approximate surface area is 132 Å². The van der Waals surface area contributed by atoms with Gasteiger partial charge in [-0.3, -0.25) is 4.79 Å². The van der Waals surface area contributed by atoms with E-state index in [4.69, 9.17) is 4.98 Å². The summed E-state index contributed by atoms with van der Waals surface area (Å²) in [4.78, 5) is 22.3. The van der Waals surface area contributed by atoms with E-state index in [2.05, 4.69) is 30.6 Å². The van der Waals surface area contributed by atoms with E-state index in [9.17, 15) is 4.79 Å². The summed E-state index contributed by atoms with van der Waals surface area (Å²) in [6, 6.07) is 0. The van der Waals surface area contributed by atoms with Gasteiger partial charge in [0.25, 0.3) is 0 Å². The summed E-state index contributed by atoms with van der Waals surface area (Å²) in [6.45, 7) is 14.9. The van der Waals surface area contributed by atoms with Crippen LogP contribution in [-0.4, -0.2) is 59.8 Å². The van der Waals surface area contributed by atoms with Gasteiger partial charge in [-0.25, -0.2) is 4.98 Å². The first-order chi connectivity index (χ1) is 10.0. The van der Waals surface area contributed by atoms with Gasteiger partial charge in [0.2, 0.25) is 0 Å². The molecule has 1 aliphatic heterocycles. The molecule has 118 valence electrons.